The Labute approximate surface area is 201 Å². The number of para-hydroxylation sites is 1. The topological polar surface area (TPSA) is 54.5 Å². The zero-order valence-electron chi connectivity index (χ0n) is 17.6. The number of nitriles is 1. The largest absolute Gasteiger partial charge is 0.274 e. The van der Waals surface area contributed by atoms with Gasteiger partial charge >= 0.3 is 0 Å². The third-order valence-electron chi connectivity index (χ3n) is 5.48. The molecule has 33 heavy (non-hydrogen) atoms. The van der Waals surface area contributed by atoms with E-state index in [1.165, 1.54) is 16.3 Å². The molecule has 4 nitrogen and oxygen atoms in total. The van der Waals surface area contributed by atoms with Crippen LogP contribution in [0.3, 0.4) is 0 Å². The Bertz CT molecular complexity index is 1470. The number of fused-ring (bicyclic) bond motifs is 1. The quantitative estimate of drug-likeness (QED) is 0.257. The SMILES string of the molecule is N#Cc1ccc(CSc2nnc(Cc3cccc4ccccc34)n2-c2ccccc2)c(Cl)c1. The minimum Gasteiger partial charge on any atom is -0.274 e. The van der Waals surface area contributed by atoms with Gasteiger partial charge in [0, 0.05) is 22.9 Å². The predicted octanol–water partition coefficient (Wildman–Crippen LogP) is 6.83. The molecule has 0 saturated carbocycles. The van der Waals surface area contributed by atoms with Crippen LogP contribution >= 0.6 is 23.4 Å². The van der Waals surface area contributed by atoms with Crippen molar-refractivity contribution in [3.63, 3.8) is 0 Å². The smallest absolute Gasteiger partial charge is 0.196 e. The fourth-order valence-electron chi connectivity index (χ4n) is 3.84. The Morgan fingerprint density at radius 1 is 0.848 bits per heavy atom. The zero-order chi connectivity index (χ0) is 22.6. The van der Waals surface area contributed by atoms with Crippen LogP contribution in [0.1, 0.15) is 22.5 Å². The van der Waals surface area contributed by atoms with Gasteiger partial charge in [-0.15, -0.1) is 10.2 Å². The van der Waals surface area contributed by atoms with Gasteiger partial charge in [-0.25, -0.2) is 0 Å². The summed E-state index contributed by atoms with van der Waals surface area (Å²) in [7, 11) is 0. The first kappa shape index (κ1) is 21.3. The van der Waals surface area contributed by atoms with Gasteiger partial charge in [-0.2, -0.15) is 5.26 Å². The highest BCUT2D eigenvalue weighted by Crippen LogP contribution is 2.30. The molecule has 160 valence electrons. The molecule has 0 fully saturated rings. The molecule has 0 bridgehead atoms. The molecule has 0 unspecified atom stereocenters. The van der Waals surface area contributed by atoms with E-state index in [1.54, 1.807) is 23.9 Å². The van der Waals surface area contributed by atoms with Crippen LogP contribution in [0.2, 0.25) is 5.02 Å². The van der Waals surface area contributed by atoms with Crippen molar-refractivity contribution in [3.05, 3.63) is 119 Å². The zero-order valence-corrected chi connectivity index (χ0v) is 19.2. The number of aromatic nitrogens is 3. The van der Waals surface area contributed by atoms with E-state index in [4.69, 9.17) is 16.9 Å². The molecule has 0 aliphatic heterocycles. The van der Waals surface area contributed by atoms with Gasteiger partial charge in [-0.1, -0.05) is 90.1 Å². The molecule has 0 atom stereocenters. The minimum atomic E-state index is 0.554. The molecule has 0 spiro atoms. The van der Waals surface area contributed by atoms with Gasteiger partial charge in [0.05, 0.1) is 11.6 Å². The molecule has 0 aliphatic carbocycles. The Balaban J connectivity index is 1.50. The molecule has 1 heterocycles. The van der Waals surface area contributed by atoms with Crippen molar-refractivity contribution in [2.75, 3.05) is 0 Å². The van der Waals surface area contributed by atoms with Gasteiger partial charge in [0.25, 0.3) is 0 Å². The van der Waals surface area contributed by atoms with Gasteiger partial charge in [0.1, 0.15) is 5.82 Å². The van der Waals surface area contributed by atoms with Crippen molar-refractivity contribution in [3.8, 4) is 11.8 Å². The number of nitrogens with zero attached hydrogens (tertiary/aromatic N) is 4. The van der Waals surface area contributed by atoms with Crippen LogP contribution in [-0.2, 0) is 12.2 Å². The van der Waals surface area contributed by atoms with E-state index in [0.717, 1.165) is 22.2 Å². The predicted molar refractivity (Wildman–Crippen MR) is 134 cm³/mol. The van der Waals surface area contributed by atoms with E-state index >= 15 is 0 Å². The molecule has 4 aromatic carbocycles. The molecule has 0 aliphatic rings. The van der Waals surface area contributed by atoms with Gasteiger partial charge in [-0.05, 0) is 46.2 Å². The highest BCUT2D eigenvalue weighted by atomic mass is 35.5. The number of benzene rings is 4. The monoisotopic (exact) mass is 466 g/mol. The first-order valence-electron chi connectivity index (χ1n) is 10.5. The summed E-state index contributed by atoms with van der Waals surface area (Å²) in [5, 5.41) is 22.0. The number of hydrogen-bond acceptors (Lipinski definition) is 4. The van der Waals surface area contributed by atoms with Crippen LogP contribution in [0.4, 0.5) is 0 Å². The Morgan fingerprint density at radius 2 is 1.64 bits per heavy atom. The Kier molecular flexibility index (Phi) is 6.12. The number of halogens is 1. The maximum absolute atomic E-state index is 9.08. The molecule has 5 aromatic rings. The second-order valence-electron chi connectivity index (χ2n) is 7.59. The summed E-state index contributed by atoms with van der Waals surface area (Å²) in [6.45, 7) is 0. The average Bonchev–Trinajstić information content (AvgIpc) is 3.26. The molecular formula is C27H19ClN4S. The van der Waals surface area contributed by atoms with Crippen molar-refractivity contribution < 1.29 is 0 Å². The van der Waals surface area contributed by atoms with Gasteiger partial charge in [-0.3, -0.25) is 4.57 Å². The lowest BCUT2D eigenvalue weighted by Gasteiger charge is -2.12. The van der Waals surface area contributed by atoms with Crippen LogP contribution in [0.15, 0.2) is 96.2 Å². The lowest BCUT2D eigenvalue weighted by molar-refractivity contribution is 0.849. The number of thioether (sulfide) groups is 1. The van der Waals surface area contributed by atoms with E-state index in [1.807, 2.05) is 24.3 Å². The normalized spacial score (nSPS) is 10.9. The summed E-state index contributed by atoms with van der Waals surface area (Å²) in [5.41, 5.74) is 3.74. The fraction of sp³-hybridized carbons (Fsp3) is 0.0741. The van der Waals surface area contributed by atoms with E-state index in [9.17, 15) is 0 Å². The summed E-state index contributed by atoms with van der Waals surface area (Å²) in [6, 6.07) is 32.4. The molecule has 6 heteroatoms. The molecule has 1 aromatic heterocycles. The maximum Gasteiger partial charge on any atom is 0.196 e. The first-order valence-corrected chi connectivity index (χ1v) is 11.9. The van der Waals surface area contributed by atoms with Crippen LogP contribution < -0.4 is 0 Å². The van der Waals surface area contributed by atoms with Crippen LogP contribution in [0.5, 0.6) is 0 Å². The van der Waals surface area contributed by atoms with Gasteiger partial charge in [0.2, 0.25) is 0 Å². The van der Waals surface area contributed by atoms with Crippen molar-refractivity contribution in [2.24, 2.45) is 0 Å². The first-order chi connectivity index (χ1) is 16.2. The standard InChI is InChI=1S/C27H19ClN4S/c28-25-15-19(17-29)13-14-22(25)18-33-27-31-30-26(32(27)23-10-2-1-3-11-23)16-21-9-6-8-20-7-4-5-12-24(20)21/h1-15H,16,18H2. The third kappa shape index (κ3) is 4.49. The van der Waals surface area contributed by atoms with Crippen LogP contribution in [-0.4, -0.2) is 14.8 Å². The molecule has 0 saturated heterocycles. The molecule has 0 N–H and O–H groups in total. The second-order valence-corrected chi connectivity index (χ2v) is 8.94. The summed E-state index contributed by atoms with van der Waals surface area (Å²) < 4.78 is 2.12. The van der Waals surface area contributed by atoms with E-state index in [0.29, 0.717) is 22.8 Å². The second kappa shape index (κ2) is 9.50. The summed E-state index contributed by atoms with van der Waals surface area (Å²) in [5.74, 6) is 1.51. The van der Waals surface area contributed by atoms with Crippen LogP contribution in [0, 0.1) is 11.3 Å². The summed E-state index contributed by atoms with van der Waals surface area (Å²) in [4.78, 5) is 0. The van der Waals surface area contributed by atoms with Crippen molar-refractivity contribution in [2.45, 2.75) is 17.3 Å². The maximum atomic E-state index is 9.08. The molecule has 0 amide bonds. The fourth-order valence-corrected chi connectivity index (χ4v) is 5.14. The van der Waals surface area contributed by atoms with Gasteiger partial charge < -0.3 is 0 Å². The Hall–Kier alpha value is -3.59. The number of rotatable bonds is 6. The van der Waals surface area contributed by atoms with Crippen molar-refractivity contribution >= 4 is 34.1 Å². The summed E-state index contributed by atoms with van der Waals surface area (Å²) >= 11 is 7.97. The van der Waals surface area contributed by atoms with Crippen LogP contribution in [0.25, 0.3) is 16.5 Å². The van der Waals surface area contributed by atoms with E-state index in [2.05, 4.69) is 75.4 Å². The van der Waals surface area contributed by atoms with Crippen molar-refractivity contribution in [1.82, 2.24) is 14.8 Å². The third-order valence-corrected chi connectivity index (χ3v) is 6.81. The molecular weight excluding hydrogens is 448 g/mol. The van der Waals surface area contributed by atoms with E-state index in [-0.39, 0.29) is 0 Å². The Morgan fingerprint density at radius 3 is 2.45 bits per heavy atom. The minimum absolute atomic E-state index is 0.554. The highest BCUT2D eigenvalue weighted by Gasteiger charge is 2.16. The average molecular weight is 467 g/mol. The van der Waals surface area contributed by atoms with Crippen molar-refractivity contribution in [1.29, 1.82) is 5.26 Å². The van der Waals surface area contributed by atoms with E-state index < -0.39 is 0 Å². The molecule has 0 radical (unpaired) electrons. The summed E-state index contributed by atoms with van der Waals surface area (Å²) in [6.07, 6.45) is 0.668. The number of hydrogen-bond donors (Lipinski definition) is 0. The lowest BCUT2D eigenvalue weighted by Crippen LogP contribution is -2.04. The highest BCUT2D eigenvalue weighted by molar-refractivity contribution is 7.98. The lowest BCUT2D eigenvalue weighted by atomic mass is 10.0. The molecule has 5 rings (SSSR count). The van der Waals surface area contributed by atoms with Gasteiger partial charge in [0.15, 0.2) is 5.16 Å².